The standard InChI is InChI=1S/C69H79Cl2N5O23/c1-7-41-44(80)22-34-32-18-50(95-48-12-9-30(16-39(48)70)57(84)37(65(90)74-41)23-45(81)42(73-6)14-27(2)3)61(99-68-62(60(87)59(86)52(26-77)97-68)98-53-25-69(5,72)63(88)28(4)94-53)51(19-32)96-49-13-10-31(17-40(49)71)58(85)38-24-47(83)55(75-64(34)89)29-8-11-43(79)35(15-29)54-36(20-33(78)21-46(54)82)56(67(92)93)76-66(38)91/h8-13,15-21,27-28,34,37-38,41-42,52-53,55-60,62-63,68,73,77-79,82,84-88H,7,14,22-26,72H2,1-6H3,(H,74,90)(H,75,89)(H,76,91)(H,92,93)/t28-,34?,37+,38-,41-,42+,52+,53-,55+,56-,57+,58+,59+,60-,62+,63+,68?,69-/m0/s1. The van der Waals surface area contributed by atoms with Crippen molar-refractivity contribution in [1.29, 1.82) is 0 Å². The number of benzene rings is 5. The summed E-state index contributed by atoms with van der Waals surface area (Å²) in [6.45, 7) is 7.46. The molecule has 3 amide bonds. The van der Waals surface area contributed by atoms with Crippen molar-refractivity contribution in [2.75, 3.05) is 13.7 Å². The summed E-state index contributed by atoms with van der Waals surface area (Å²) in [6, 6.07) is 8.55. The van der Waals surface area contributed by atoms with Crippen molar-refractivity contribution in [3.05, 3.63) is 117 Å². The summed E-state index contributed by atoms with van der Waals surface area (Å²) in [7, 11) is 1.57. The minimum atomic E-state index is -2.17. The van der Waals surface area contributed by atoms with Gasteiger partial charge < -0.3 is 106 Å². The number of aliphatic hydroxyl groups is 6. The fraction of sp³-hybridized carbons (Fsp3) is 0.464. The Morgan fingerprint density at radius 1 is 0.747 bits per heavy atom. The van der Waals surface area contributed by atoms with Crippen LogP contribution in [0, 0.1) is 17.8 Å². The second-order valence-corrected chi connectivity index (χ2v) is 27.1. The number of halogens is 2. The number of hydrogen-bond acceptors (Lipinski definition) is 24. The van der Waals surface area contributed by atoms with Crippen molar-refractivity contribution in [3.8, 4) is 57.1 Å². The quantitative estimate of drug-likeness (QED) is 0.0759. The summed E-state index contributed by atoms with van der Waals surface area (Å²) in [5, 5.41) is 124. The molecule has 7 heterocycles. The topological polar surface area (TPSA) is 451 Å². The monoisotopic (exact) mass is 1420 g/mol. The average Bonchev–Trinajstić information content (AvgIpc) is 0.770. The minimum absolute atomic E-state index is 0.00931. The summed E-state index contributed by atoms with van der Waals surface area (Å²) in [4.78, 5) is 104. The third-order valence-electron chi connectivity index (χ3n) is 18.7. The van der Waals surface area contributed by atoms with Gasteiger partial charge in [0.2, 0.25) is 29.8 Å². The number of aliphatic carboxylic acids is 1. The number of carbonyl (C=O) groups excluding carboxylic acids is 6. The first kappa shape index (κ1) is 73.6. The van der Waals surface area contributed by atoms with Crippen molar-refractivity contribution in [2.45, 2.75) is 170 Å². The van der Waals surface area contributed by atoms with Crippen molar-refractivity contribution < 1.29 is 113 Å². The van der Waals surface area contributed by atoms with Crippen molar-refractivity contribution in [3.63, 3.8) is 0 Å². The van der Waals surface area contributed by atoms with Crippen molar-refractivity contribution in [2.24, 2.45) is 23.5 Å². The average molecular weight is 1420 g/mol. The molecular weight excluding hydrogens is 1340 g/mol. The Balaban J connectivity index is 1.23. The number of phenols is 3. The van der Waals surface area contributed by atoms with Gasteiger partial charge in [-0.05, 0) is 117 Å². The molecule has 532 valence electrons. The number of ketones is 3. The van der Waals surface area contributed by atoms with Crippen LogP contribution in [0.1, 0.15) is 131 Å². The van der Waals surface area contributed by atoms with E-state index in [1.165, 1.54) is 69.3 Å². The Kier molecular flexibility index (Phi) is 22.3. The van der Waals surface area contributed by atoms with Crippen LogP contribution in [-0.4, -0.2) is 173 Å². The number of amides is 3. The lowest BCUT2D eigenvalue weighted by atomic mass is 9.84. The van der Waals surface area contributed by atoms with E-state index in [-0.39, 0.29) is 68.1 Å². The number of carboxylic acids is 1. The maximum Gasteiger partial charge on any atom is 0.330 e. The first-order valence-corrected chi connectivity index (χ1v) is 32.9. The van der Waals surface area contributed by atoms with Crippen LogP contribution in [0.4, 0.5) is 0 Å². The van der Waals surface area contributed by atoms with E-state index in [0.29, 0.717) is 6.42 Å². The van der Waals surface area contributed by atoms with Gasteiger partial charge >= 0.3 is 5.97 Å². The van der Waals surface area contributed by atoms with E-state index in [0.717, 1.165) is 30.3 Å². The third-order valence-corrected chi connectivity index (χ3v) is 19.3. The molecule has 7 aliphatic heterocycles. The number of nitrogens with two attached hydrogens (primary N) is 1. The summed E-state index contributed by atoms with van der Waals surface area (Å²) < 4.78 is 38.6. The minimum Gasteiger partial charge on any atom is -0.508 e. The van der Waals surface area contributed by atoms with E-state index < -0.39 is 221 Å². The number of carboxylic acid groups (broad SMARTS) is 1. The van der Waals surface area contributed by atoms with E-state index in [1.54, 1.807) is 7.05 Å². The number of aliphatic hydroxyl groups excluding tert-OH is 6. The SMILES string of the molecule is CC[C@@H]1NC(=O)[C@H](CC(=O)[C@@H](CC(C)C)NC)[C@H](O)c2ccc(c(Cl)c2)Oc2cc3cc(c2OC2O[C@H](CO)[C@@H](O)[C@H](O)[C@H]2O[C@H]2C[C@](C)(N)[C@H](O)[C@H](C)O2)Oc2ccc(cc2Cl)[C@@H](O)[C@@H]2CC(=O)[C@H](NC(=O)C3CC1=O)c1ccc(O)c(c1)-c1c(O)cc(O)cc1[C@@H](C(=O)O)NC2=O. The molecule has 2 unspecified atom stereocenters. The summed E-state index contributed by atoms with van der Waals surface area (Å²) in [5.41, 5.74) is 3.26. The Morgan fingerprint density at radius 2 is 1.38 bits per heavy atom. The van der Waals surface area contributed by atoms with Crippen LogP contribution in [0.25, 0.3) is 11.1 Å². The number of Topliss-reactive ketones (excluding diaryl/α,β-unsaturated/α-hetero) is 3. The fourth-order valence-electron chi connectivity index (χ4n) is 13.2. The second-order valence-electron chi connectivity index (χ2n) is 26.3. The van der Waals surface area contributed by atoms with Gasteiger partial charge in [-0.25, -0.2) is 4.79 Å². The molecule has 28 nitrogen and oxygen atoms in total. The Bertz CT molecular complexity index is 3950. The van der Waals surface area contributed by atoms with Crippen LogP contribution in [0.15, 0.2) is 78.9 Å². The van der Waals surface area contributed by atoms with Crippen LogP contribution >= 0.6 is 23.2 Å². The number of fused-ring (bicyclic) bond motifs is 15. The van der Waals surface area contributed by atoms with Gasteiger partial charge in [0.15, 0.2) is 47.3 Å². The van der Waals surface area contributed by atoms with E-state index in [9.17, 15) is 70.2 Å². The Hall–Kier alpha value is -8.07. The Labute approximate surface area is 577 Å². The van der Waals surface area contributed by atoms with Crippen LogP contribution in [-0.2, 0) is 47.8 Å². The lowest BCUT2D eigenvalue weighted by Crippen LogP contribution is -2.64. The number of aromatic hydroxyl groups is 3. The van der Waals surface area contributed by atoms with Crippen LogP contribution in [0.5, 0.6) is 46.0 Å². The zero-order chi connectivity index (χ0) is 72.0. The predicted octanol–water partition coefficient (Wildman–Crippen LogP) is 4.71. The van der Waals surface area contributed by atoms with Gasteiger partial charge in [-0.3, -0.25) is 28.8 Å². The fourth-order valence-corrected chi connectivity index (χ4v) is 13.7. The molecule has 0 aromatic heterocycles. The van der Waals surface area contributed by atoms with Gasteiger partial charge in [0, 0.05) is 54.0 Å². The van der Waals surface area contributed by atoms with Gasteiger partial charge in [-0.1, -0.05) is 62.2 Å². The van der Waals surface area contributed by atoms with E-state index >= 15 is 14.4 Å². The first-order valence-electron chi connectivity index (χ1n) is 32.2. The largest absolute Gasteiger partial charge is 0.508 e. The van der Waals surface area contributed by atoms with E-state index in [2.05, 4.69) is 21.3 Å². The zero-order valence-corrected chi connectivity index (χ0v) is 56.0. The molecule has 2 fully saturated rings. The molecule has 16 N–H and O–H groups in total. The smallest absolute Gasteiger partial charge is 0.330 e. The summed E-state index contributed by atoms with van der Waals surface area (Å²) >= 11 is 14.2. The molecule has 12 rings (SSSR count). The van der Waals surface area contributed by atoms with E-state index in [1.807, 2.05) is 13.8 Å². The first-order chi connectivity index (χ1) is 46.8. The summed E-state index contributed by atoms with van der Waals surface area (Å²) in [5.74, 6) is -17.2. The summed E-state index contributed by atoms with van der Waals surface area (Å²) in [6.07, 6.45) is -19.1. The number of phenolic OH excluding ortho intramolecular Hbond substituents is 3. The second kappa shape index (κ2) is 30.0. The molecule has 5 aromatic rings. The molecule has 0 spiro atoms. The number of carbonyl (C=O) groups is 7. The molecule has 30 heteroatoms. The number of ether oxygens (including phenoxy) is 6. The highest BCUT2D eigenvalue weighted by atomic mass is 35.5. The Morgan fingerprint density at radius 3 is 1.97 bits per heavy atom. The molecule has 0 aliphatic carbocycles. The van der Waals surface area contributed by atoms with Crippen LogP contribution in [0.3, 0.4) is 0 Å². The van der Waals surface area contributed by atoms with Crippen molar-refractivity contribution >= 4 is 64.2 Å². The lowest BCUT2D eigenvalue weighted by Gasteiger charge is -2.47. The van der Waals surface area contributed by atoms with Gasteiger partial charge in [0.25, 0.3) is 0 Å². The van der Waals surface area contributed by atoms with Gasteiger partial charge in [-0.2, -0.15) is 0 Å². The third kappa shape index (κ3) is 15.5. The molecule has 99 heavy (non-hydrogen) atoms. The highest BCUT2D eigenvalue weighted by Crippen LogP contribution is 2.51. The number of nitrogens with one attached hydrogen (secondary N) is 4. The molecule has 18 atom stereocenters. The maximum absolute atomic E-state index is 16.1. The van der Waals surface area contributed by atoms with E-state index in [4.69, 9.17) is 57.4 Å². The highest BCUT2D eigenvalue weighted by molar-refractivity contribution is 6.32. The number of likely N-dealkylation sites (N-methyl/N-ethyl adjacent to an activating group) is 1. The van der Waals surface area contributed by atoms with Crippen LogP contribution in [0.2, 0.25) is 10.0 Å². The number of hydrogen-bond donors (Lipinski definition) is 15. The normalized spacial score (nSPS) is 30.0. The van der Waals surface area contributed by atoms with Gasteiger partial charge in [0.05, 0.1) is 70.9 Å². The van der Waals surface area contributed by atoms with Crippen molar-refractivity contribution in [1.82, 2.24) is 21.3 Å². The zero-order valence-electron chi connectivity index (χ0n) is 54.5. The predicted molar refractivity (Wildman–Crippen MR) is 350 cm³/mol. The molecule has 5 aromatic carbocycles. The van der Waals surface area contributed by atoms with Crippen LogP contribution < -0.4 is 41.2 Å². The molecule has 11 bridgehead atoms. The molecule has 7 aliphatic rings. The molecule has 2 saturated heterocycles. The highest BCUT2D eigenvalue weighted by Gasteiger charge is 2.51. The van der Waals surface area contributed by atoms with Gasteiger partial charge in [-0.15, -0.1) is 0 Å². The number of rotatable bonds is 13. The van der Waals surface area contributed by atoms with Gasteiger partial charge in [0.1, 0.15) is 53.1 Å². The lowest BCUT2D eigenvalue weighted by molar-refractivity contribution is -0.333. The maximum atomic E-state index is 16.1. The molecule has 0 saturated carbocycles. The molecular formula is C69H79Cl2N5O23. The molecule has 0 radical (unpaired) electrons.